The molecule has 0 amide bonds. The maximum Gasteiger partial charge on any atom is 0.318 e. The largest absolute Gasteiger partial charge is 0.318 e. The Labute approximate surface area is 114 Å². The Bertz CT molecular complexity index is 590. The molecule has 0 saturated heterocycles. The van der Waals surface area contributed by atoms with Gasteiger partial charge in [-0.25, -0.2) is 0 Å². The minimum Gasteiger partial charge on any atom is -0.258 e. The fourth-order valence-electron chi connectivity index (χ4n) is 1.17. The van der Waals surface area contributed by atoms with Crippen LogP contribution in [-0.4, -0.2) is 21.4 Å². The van der Waals surface area contributed by atoms with Crippen LogP contribution >= 0.6 is 34.9 Å². The van der Waals surface area contributed by atoms with Crippen LogP contribution in [0.3, 0.4) is 0 Å². The van der Waals surface area contributed by atoms with Gasteiger partial charge in [0.15, 0.2) is 8.68 Å². The molecule has 2 rings (SSSR count). The first-order valence-corrected chi connectivity index (χ1v) is 7.46. The van der Waals surface area contributed by atoms with Crippen molar-refractivity contribution in [3.05, 3.63) is 34.1 Å². The van der Waals surface area contributed by atoms with Crippen LogP contribution in [0.4, 0.5) is 10.1 Å². The molecule has 18 heavy (non-hydrogen) atoms. The van der Waals surface area contributed by atoms with Gasteiger partial charge in [0.05, 0.1) is 9.82 Å². The highest BCUT2D eigenvalue weighted by Crippen LogP contribution is 2.38. The first-order chi connectivity index (χ1) is 8.61. The number of benzene rings is 1. The van der Waals surface area contributed by atoms with E-state index in [9.17, 15) is 14.5 Å². The molecule has 0 aliphatic carbocycles. The SMILES string of the molecule is CSc1nnc(Sc2cccc(F)c2[N+](=O)[O-])s1. The molecule has 0 bridgehead atoms. The van der Waals surface area contributed by atoms with Crippen LogP contribution in [0.15, 0.2) is 31.8 Å². The number of hydrogen-bond acceptors (Lipinski definition) is 7. The van der Waals surface area contributed by atoms with Gasteiger partial charge in [0.1, 0.15) is 0 Å². The van der Waals surface area contributed by atoms with Crippen LogP contribution in [0.25, 0.3) is 0 Å². The third-order valence-electron chi connectivity index (χ3n) is 1.89. The summed E-state index contributed by atoms with van der Waals surface area (Å²) in [7, 11) is 0. The fraction of sp³-hybridized carbons (Fsp3) is 0.111. The zero-order chi connectivity index (χ0) is 13.1. The fourth-order valence-corrected chi connectivity index (χ4v) is 3.69. The molecule has 1 heterocycles. The number of halogens is 1. The summed E-state index contributed by atoms with van der Waals surface area (Å²) in [4.78, 5) is 10.3. The van der Waals surface area contributed by atoms with Crippen LogP contribution in [0, 0.1) is 15.9 Å². The molecule has 0 unspecified atom stereocenters. The summed E-state index contributed by atoms with van der Waals surface area (Å²) in [6, 6.07) is 3.99. The summed E-state index contributed by atoms with van der Waals surface area (Å²) < 4.78 is 14.7. The smallest absolute Gasteiger partial charge is 0.258 e. The molecule has 9 heteroatoms. The standard InChI is InChI=1S/C9H6FN3O2S3/c1-16-8-11-12-9(18-8)17-6-4-2-3-5(10)7(6)13(14)15/h2-4H,1H3. The van der Waals surface area contributed by atoms with Crippen molar-refractivity contribution in [1.29, 1.82) is 0 Å². The number of aromatic nitrogens is 2. The number of rotatable bonds is 4. The summed E-state index contributed by atoms with van der Waals surface area (Å²) in [5.74, 6) is -0.848. The molecule has 2 aromatic rings. The normalized spacial score (nSPS) is 10.6. The number of hydrogen-bond donors (Lipinski definition) is 0. The summed E-state index contributed by atoms with van der Waals surface area (Å²) >= 11 is 3.79. The number of thioether (sulfide) groups is 1. The van der Waals surface area contributed by atoms with Crippen molar-refractivity contribution in [2.24, 2.45) is 0 Å². The summed E-state index contributed by atoms with van der Waals surface area (Å²) in [6.45, 7) is 0. The summed E-state index contributed by atoms with van der Waals surface area (Å²) in [5.41, 5.74) is -0.525. The van der Waals surface area contributed by atoms with Crippen molar-refractivity contribution < 1.29 is 9.31 Å². The van der Waals surface area contributed by atoms with Crippen LogP contribution in [0.2, 0.25) is 0 Å². The lowest BCUT2D eigenvalue weighted by Gasteiger charge is -2.00. The molecule has 0 fully saturated rings. The van der Waals surface area contributed by atoms with E-state index in [1.54, 1.807) is 0 Å². The second-order valence-electron chi connectivity index (χ2n) is 2.98. The lowest BCUT2D eigenvalue weighted by atomic mass is 10.3. The van der Waals surface area contributed by atoms with Gasteiger partial charge in [0.25, 0.3) is 0 Å². The van der Waals surface area contributed by atoms with Gasteiger partial charge in [-0.05, 0) is 30.2 Å². The quantitative estimate of drug-likeness (QED) is 0.489. The molecule has 0 aliphatic heterocycles. The van der Waals surface area contributed by atoms with Gasteiger partial charge < -0.3 is 0 Å². The zero-order valence-corrected chi connectivity index (χ0v) is 11.4. The van der Waals surface area contributed by atoms with Crippen LogP contribution in [0.1, 0.15) is 0 Å². The van der Waals surface area contributed by atoms with E-state index in [1.165, 1.54) is 35.2 Å². The van der Waals surface area contributed by atoms with Crippen molar-refractivity contribution >= 4 is 40.5 Å². The van der Waals surface area contributed by atoms with Crippen LogP contribution < -0.4 is 0 Å². The topological polar surface area (TPSA) is 68.9 Å². The van der Waals surface area contributed by atoms with Crippen molar-refractivity contribution in [3.63, 3.8) is 0 Å². The Hall–Kier alpha value is -1.19. The molecule has 0 atom stereocenters. The van der Waals surface area contributed by atoms with E-state index >= 15 is 0 Å². The Balaban J connectivity index is 2.34. The molecule has 0 radical (unpaired) electrons. The minimum absolute atomic E-state index is 0.226. The van der Waals surface area contributed by atoms with E-state index in [0.717, 1.165) is 22.2 Å². The molecular weight excluding hydrogens is 297 g/mol. The first-order valence-electron chi connectivity index (χ1n) is 4.60. The molecule has 0 N–H and O–H groups in total. The molecule has 5 nitrogen and oxygen atoms in total. The lowest BCUT2D eigenvalue weighted by Crippen LogP contribution is -1.94. The number of para-hydroxylation sites is 1. The van der Waals surface area contributed by atoms with E-state index in [1.807, 2.05) is 6.26 Å². The van der Waals surface area contributed by atoms with Gasteiger partial charge in [0, 0.05) is 0 Å². The first kappa shape index (κ1) is 13.2. The van der Waals surface area contributed by atoms with Gasteiger partial charge in [-0.15, -0.1) is 10.2 Å². The maximum absolute atomic E-state index is 13.4. The Kier molecular flexibility index (Phi) is 4.15. The van der Waals surface area contributed by atoms with Gasteiger partial charge >= 0.3 is 5.69 Å². The van der Waals surface area contributed by atoms with Gasteiger partial charge in [-0.2, -0.15) is 4.39 Å². The van der Waals surface area contributed by atoms with Crippen molar-refractivity contribution in [2.75, 3.05) is 6.26 Å². The van der Waals surface area contributed by atoms with Crippen molar-refractivity contribution in [1.82, 2.24) is 10.2 Å². The predicted octanol–water partition coefficient (Wildman–Crippen LogP) is 3.46. The Morgan fingerprint density at radius 1 is 1.39 bits per heavy atom. The van der Waals surface area contributed by atoms with Crippen LogP contribution in [-0.2, 0) is 0 Å². The highest BCUT2D eigenvalue weighted by Gasteiger charge is 2.21. The highest BCUT2D eigenvalue weighted by molar-refractivity contribution is 8.03. The maximum atomic E-state index is 13.4. The van der Waals surface area contributed by atoms with Crippen LogP contribution in [0.5, 0.6) is 0 Å². The lowest BCUT2D eigenvalue weighted by molar-refractivity contribution is -0.390. The van der Waals surface area contributed by atoms with Gasteiger partial charge in [-0.3, -0.25) is 10.1 Å². The molecule has 0 spiro atoms. The van der Waals surface area contributed by atoms with Gasteiger partial charge in [-0.1, -0.05) is 29.2 Å². The Morgan fingerprint density at radius 3 is 2.72 bits per heavy atom. The third-order valence-corrected chi connectivity index (χ3v) is 4.89. The molecule has 0 saturated carbocycles. The molecule has 94 valence electrons. The van der Waals surface area contributed by atoms with E-state index in [-0.39, 0.29) is 4.90 Å². The monoisotopic (exact) mass is 303 g/mol. The highest BCUT2D eigenvalue weighted by atomic mass is 32.2. The van der Waals surface area contributed by atoms with E-state index < -0.39 is 16.4 Å². The molecule has 0 aliphatic rings. The summed E-state index contributed by atoms with van der Waals surface area (Å²) in [6.07, 6.45) is 1.86. The van der Waals surface area contributed by atoms with E-state index in [4.69, 9.17) is 0 Å². The van der Waals surface area contributed by atoms with E-state index in [0.29, 0.717) is 4.34 Å². The number of nitro benzene ring substituents is 1. The third kappa shape index (κ3) is 2.79. The van der Waals surface area contributed by atoms with Crippen molar-refractivity contribution in [3.8, 4) is 0 Å². The Morgan fingerprint density at radius 2 is 2.11 bits per heavy atom. The zero-order valence-electron chi connectivity index (χ0n) is 8.99. The predicted molar refractivity (Wildman–Crippen MR) is 68.9 cm³/mol. The minimum atomic E-state index is -0.848. The molecule has 1 aromatic heterocycles. The molecular formula is C9H6FN3O2S3. The second kappa shape index (κ2) is 5.63. The second-order valence-corrected chi connectivity index (χ2v) is 6.30. The average Bonchev–Trinajstić information content (AvgIpc) is 2.76. The van der Waals surface area contributed by atoms with E-state index in [2.05, 4.69) is 10.2 Å². The average molecular weight is 303 g/mol. The number of nitrogens with zero attached hydrogens (tertiary/aromatic N) is 3. The molecule has 1 aromatic carbocycles. The summed E-state index contributed by atoms with van der Waals surface area (Å²) in [5, 5.41) is 18.6. The number of nitro groups is 1. The van der Waals surface area contributed by atoms with Gasteiger partial charge in [0.2, 0.25) is 5.82 Å². The van der Waals surface area contributed by atoms with Crippen molar-refractivity contribution in [2.45, 2.75) is 13.6 Å².